The van der Waals surface area contributed by atoms with Gasteiger partial charge in [-0.05, 0) is 25.8 Å². The van der Waals surface area contributed by atoms with Crippen molar-refractivity contribution in [2.24, 2.45) is 4.99 Å². The molecule has 1 atom stereocenters. The third-order valence-corrected chi connectivity index (χ3v) is 3.99. The van der Waals surface area contributed by atoms with Crippen molar-refractivity contribution in [3.8, 4) is 0 Å². The summed E-state index contributed by atoms with van der Waals surface area (Å²) in [6.45, 7) is 4.73. The van der Waals surface area contributed by atoms with Crippen molar-refractivity contribution in [2.75, 3.05) is 38.6 Å². The van der Waals surface area contributed by atoms with Crippen LogP contribution in [-0.4, -0.2) is 49.8 Å². The van der Waals surface area contributed by atoms with Gasteiger partial charge < -0.3 is 20.7 Å². The highest BCUT2D eigenvalue weighted by molar-refractivity contribution is 5.79. The number of nitrogens with zero attached hydrogens (tertiary/aromatic N) is 2. The number of guanidine groups is 1. The lowest BCUT2D eigenvalue weighted by Crippen LogP contribution is -2.46. The Morgan fingerprint density at radius 3 is 2.83 bits per heavy atom. The van der Waals surface area contributed by atoms with Gasteiger partial charge in [0.05, 0.1) is 10.5 Å². The van der Waals surface area contributed by atoms with Crippen molar-refractivity contribution in [1.29, 1.82) is 0 Å². The number of nitro benzene ring substituents is 1. The van der Waals surface area contributed by atoms with Crippen LogP contribution in [0.1, 0.15) is 19.8 Å². The van der Waals surface area contributed by atoms with E-state index in [0.29, 0.717) is 31.3 Å². The maximum Gasteiger partial charge on any atom is 0.292 e. The lowest BCUT2D eigenvalue weighted by Gasteiger charge is -2.24. The number of ether oxygens (including phenoxy) is 1. The Morgan fingerprint density at radius 1 is 1.38 bits per heavy atom. The van der Waals surface area contributed by atoms with Crippen molar-refractivity contribution in [1.82, 2.24) is 10.6 Å². The highest BCUT2D eigenvalue weighted by Gasteiger charge is 2.29. The molecule has 0 radical (unpaired) electrons. The SMILES string of the molecule is CN=C(NCCNc1ccccc1[N+](=O)[O-])NCC1(C)CCCO1. The molecule has 0 amide bonds. The first kappa shape index (κ1) is 18.0. The summed E-state index contributed by atoms with van der Waals surface area (Å²) in [7, 11) is 1.71. The van der Waals surface area contributed by atoms with E-state index in [4.69, 9.17) is 4.74 Å². The van der Waals surface area contributed by atoms with Gasteiger partial charge in [0, 0.05) is 39.4 Å². The van der Waals surface area contributed by atoms with E-state index in [1.54, 1.807) is 25.2 Å². The summed E-state index contributed by atoms with van der Waals surface area (Å²) in [5, 5.41) is 20.5. The number of nitrogens with one attached hydrogen (secondary N) is 3. The Balaban J connectivity index is 1.73. The molecule has 8 nitrogen and oxygen atoms in total. The molecule has 1 unspecified atom stereocenters. The van der Waals surface area contributed by atoms with Crippen LogP contribution in [0.5, 0.6) is 0 Å². The number of anilines is 1. The average Bonchev–Trinajstić information content (AvgIpc) is 3.01. The monoisotopic (exact) mass is 335 g/mol. The van der Waals surface area contributed by atoms with Gasteiger partial charge in [-0.25, -0.2) is 0 Å². The number of hydrogen-bond acceptors (Lipinski definition) is 5. The number of aliphatic imine (C=N–C) groups is 1. The Kier molecular flexibility index (Phi) is 6.36. The fraction of sp³-hybridized carbons (Fsp3) is 0.562. The van der Waals surface area contributed by atoms with Crippen molar-refractivity contribution in [3.05, 3.63) is 34.4 Å². The first-order valence-corrected chi connectivity index (χ1v) is 8.10. The second-order valence-corrected chi connectivity index (χ2v) is 5.96. The van der Waals surface area contributed by atoms with Gasteiger partial charge >= 0.3 is 0 Å². The van der Waals surface area contributed by atoms with E-state index < -0.39 is 4.92 Å². The van der Waals surface area contributed by atoms with E-state index in [1.807, 2.05) is 0 Å². The van der Waals surface area contributed by atoms with Crippen molar-refractivity contribution in [3.63, 3.8) is 0 Å². The van der Waals surface area contributed by atoms with Crippen LogP contribution in [0.25, 0.3) is 0 Å². The molecule has 0 aromatic heterocycles. The predicted octanol–water partition coefficient (Wildman–Crippen LogP) is 1.74. The second-order valence-electron chi connectivity index (χ2n) is 5.96. The van der Waals surface area contributed by atoms with Crippen LogP contribution in [0.2, 0.25) is 0 Å². The smallest absolute Gasteiger partial charge is 0.292 e. The molecule has 24 heavy (non-hydrogen) atoms. The van der Waals surface area contributed by atoms with Crippen molar-refractivity contribution in [2.45, 2.75) is 25.4 Å². The summed E-state index contributed by atoms with van der Waals surface area (Å²) in [5.74, 6) is 0.691. The molecule has 1 aliphatic heterocycles. The van der Waals surface area contributed by atoms with E-state index in [1.165, 1.54) is 6.07 Å². The molecule has 2 rings (SSSR count). The van der Waals surface area contributed by atoms with Gasteiger partial charge in [0.1, 0.15) is 5.69 Å². The molecule has 0 bridgehead atoms. The van der Waals surface area contributed by atoms with E-state index in [9.17, 15) is 10.1 Å². The van der Waals surface area contributed by atoms with Crippen LogP contribution in [0.4, 0.5) is 11.4 Å². The molecular formula is C16H25N5O3. The Labute approximate surface area is 141 Å². The molecule has 0 aliphatic carbocycles. The van der Waals surface area contributed by atoms with E-state index in [0.717, 1.165) is 19.4 Å². The van der Waals surface area contributed by atoms with Crippen molar-refractivity contribution >= 4 is 17.3 Å². The number of rotatable bonds is 7. The molecule has 1 aromatic carbocycles. The van der Waals surface area contributed by atoms with Gasteiger partial charge in [-0.1, -0.05) is 12.1 Å². The third-order valence-electron chi connectivity index (χ3n) is 3.99. The normalized spacial score (nSPS) is 20.7. The molecule has 8 heteroatoms. The third kappa shape index (κ3) is 5.09. The minimum absolute atomic E-state index is 0.0753. The van der Waals surface area contributed by atoms with E-state index in [2.05, 4.69) is 27.9 Å². The van der Waals surface area contributed by atoms with Gasteiger partial charge in [-0.3, -0.25) is 15.1 Å². The summed E-state index contributed by atoms with van der Waals surface area (Å²) in [6.07, 6.45) is 2.13. The van der Waals surface area contributed by atoms with Crippen molar-refractivity contribution < 1.29 is 9.66 Å². The highest BCUT2D eigenvalue weighted by Crippen LogP contribution is 2.24. The predicted molar refractivity (Wildman–Crippen MR) is 94.5 cm³/mol. The molecule has 132 valence electrons. The standard InChI is InChI=1S/C16H25N5O3/c1-16(8-5-11-24-16)12-20-15(17-2)19-10-9-18-13-6-3-4-7-14(13)21(22)23/h3-4,6-7,18H,5,8-12H2,1-2H3,(H2,17,19,20). The van der Waals surface area contributed by atoms with Gasteiger partial charge in [0.2, 0.25) is 0 Å². The molecule has 1 aromatic rings. The minimum atomic E-state index is -0.390. The second kappa shape index (κ2) is 8.49. The molecule has 1 heterocycles. The molecule has 1 aliphatic rings. The summed E-state index contributed by atoms with van der Waals surface area (Å²) in [4.78, 5) is 14.7. The lowest BCUT2D eigenvalue weighted by molar-refractivity contribution is -0.384. The van der Waals surface area contributed by atoms with Crippen LogP contribution in [0, 0.1) is 10.1 Å². The van der Waals surface area contributed by atoms with Gasteiger partial charge in [-0.2, -0.15) is 0 Å². The molecule has 1 saturated heterocycles. The zero-order valence-corrected chi connectivity index (χ0v) is 14.2. The zero-order valence-electron chi connectivity index (χ0n) is 14.2. The molecular weight excluding hydrogens is 310 g/mol. The topological polar surface area (TPSA) is 101 Å². The van der Waals surface area contributed by atoms with Crippen LogP contribution in [-0.2, 0) is 4.74 Å². The average molecular weight is 335 g/mol. The first-order chi connectivity index (χ1) is 11.5. The summed E-state index contributed by atoms with van der Waals surface area (Å²) in [5.41, 5.74) is 0.450. The Morgan fingerprint density at radius 2 is 2.17 bits per heavy atom. The number of benzene rings is 1. The van der Waals surface area contributed by atoms with Crippen LogP contribution in [0.3, 0.4) is 0 Å². The van der Waals surface area contributed by atoms with Gasteiger partial charge in [0.25, 0.3) is 5.69 Å². The molecule has 1 fully saturated rings. The molecule has 3 N–H and O–H groups in total. The number of hydrogen-bond donors (Lipinski definition) is 3. The highest BCUT2D eigenvalue weighted by atomic mass is 16.6. The number of nitro groups is 1. The maximum atomic E-state index is 11.0. The molecule has 0 saturated carbocycles. The minimum Gasteiger partial charge on any atom is -0.378 e. The van der Waals surface area contributed by atoms with Crippen LogP contribution in [0.15, 0.2) is 29.3 Å². The molecule has 0 spiro atoms. The maximum absolute atomic E-state index is 11.0. The van der Waals surface area contributed by atoms with E-state index in [-0.39, 0.29) is 11.3 Å². The Bertz CT molecular complexity index is 585. The lowest BCUT2D eigenvalue weighted by atomic mass is 10.0. The quantitative estimate of drug-likeness (QED) is 0.231. The summed E-state index contributed by atoms with van der Waals surface area (Å²) < 4.78 is 5.73. The Hall–Kier alpha value is -2.35. The fourth-order valence-corrected chi connectivity index (χ4v) is 2.63. The van der Waals surface area contributed by atoms with E-state index >= 15 is 0 Å². The summed E-state index contributed by atoms with van der Waals surface area (Å²) >= 11 is 0. The fourth-order valence-electron chi connectivity index (χ4n) is 2.63. The van der Waals surface area contributed by atoms with Crippen LogP contribution >= 0.6 is 0 Å². The zero-order chi connectivity index (χ0) is 17.4. The first-order valence-electron chi connectivity index (χ1n) is 8.10. The van der Waals surface area contributed by atoms with Crippen LogP contribution < -0.4 is 16.0 Å². The summed E-state index contributed by atoms with van der Waals surface area (Å²) in [6, 6.07) is 6.60. The van der Waals surface area contributed by atoms with Gasteiger partial charge in [-0.15, -0.1) is 0 Å². The largest absolute Gasteiger partial charge is 0.378 e. The number of para-hydroxylation sites is 2. The van der Waals surface area contributed by atoms with Gasteiger partial charge in [0.15, 0.2) is 5.96 Å².